The fourth-order valence-electron chi connectivity index (χ4n) is 2.65. The number of hydrogen-bond acceptors (Lipinski definition) is 7. The van der Waals surface area contributed by atoms with Crippen molar-refractivity contribution in [3.05, 3.63) is 41.5 Å². The van der Waals surface area contributed by atoms with Gasteiger partial charge in [-0.25, -0.2) is 0 Å². The average molecular weight is 386 g/mol. The summed E-state index contributed by atoms with van der Waals surface area (Å²) in [6, 6.07) is 9.11. The van der Waals surface area contributed by atoms with E-state index in [9.17, 15) is 10.1 Å². The molecule has 0 saturated heterocycles. The van der Waals surface area contributed by atoms with Crippen LogP contribution in [-0.2, 0) is 0 Å². The van der Waals surface area contributed by atoms with Crippen LogP contribution in [0.4, 0.5) is 0 Å². The van der Waals surface area contributed by atoms with Gasteiger partial charge in [0.25, 0.3) is 5.91 Å². The molecule has 1 N–H and O–H groups in total. The second-order valence-electron chi connectivity index (χ2n) is 5.56. The van der Waals surface area contributed by atoms with Crippen molar-refractivity contribution < 1.29 is 28.5 Å². The Morgan fingerprint density at radius 3 is 1.89 bits per heavy atom. The van der Waals surface area contributed by atoms with E-state index in [0.29, 0.717) is 39.9 Å². The first-order valence-electron chi connectivity index (χ1n) is 8.25. The predicted octanol–water partition coefficient (Wildman–Crippen LogP) is 2.72. The Bertz CT molecular complexity index is 866. The molecule has 0 bridgehead atoms. The number of rotatable bonds is 8. The smallest absolute Gasteiger partial charge is 0.252 e. The largest absolute Gasteiger partial charge is 0.493 e. The van der Waals surface area contributed by atoms with Gasteiger partial charge in [-0.05, 0) is 35.9 Å². The van der Waals surface area contributed by atoms with Gasteiger partial charge in [-0.3, -0.25) is 4.79 Å². The molecule has 8 nitrogen and oxygen atoms in total. The van der Waals surface area contributed by atoms with E-state index in [-0.39, 0.29) is 0 Å². The molecule has 2 rings (SSSR count). The number of nitrogens with one attached hydrogen (secondary N) is 1. The fraction of sp³-hybridized carbons (Fsp3) is 0.300. The Morgan fingerprint density at radius 1 is 0.857 bits per heavy atom. The molecule has 0 aliphatic heterocycles. The summed E-state index contributed by atoms with van der Waals surface area (Å²) in [5, 5.41) is 12.3. The molecule has 0 spiro atoms. The molecule has 148 valence electrons. The van der Waals surface area contributed by atoms with Crippen LogP contribution in [0.2, 0.25) is 0 Å². The van der Waals surface area contributed by atoms with Crippen molar-refractivity contribution in [2.24, 2.45) is 0 Å². The lowest BCUT2D eigenvalue weighted by Gasteiger charge is -2.17. The van der Waals surface area contributed by atoms with Crippen LogP contribution in [0.5, 0.6) is 28.7 Å². The zero-order chi connectivity index (χ0) is 20.7. The summed E-state index contributed by atoms with van der Waals surface area (Å²) >= 11 is 0. The summed E-state index contributed by atoms with van der Waals surface area (Å²) in [5.74, 6) is 1.64. The van der Waals surface area contributed by atoms with Crippen molar-refractivity contribution >= 4 is 5.91 Å². The number of carbonyl (C=O) groups is 1. The van der Waals surface area contributed by atoms with Crippen molar-refractivity contribution in [2.75, 3.05) is 35.5 Å². The van der Waals surface area contributed by atoms with Crippen molar-refractivity contribution in [2.45, 2.75) is 6.04 Å². The molecule has 8 heteroatoms. The highest BCUT2D eigenvalue weighted by atomic mass is 16.5. The normalized spacial score (nSPS) is 11.0. The van der Waals surface area contributed by atoms with Crippen molar-refractivity contribution in [1.29, 1.82) is 5.26 Å². The lowest BCUT2D eigenvalue weighted by Crippen LogP contribution is -2.27. The number of ether oxygens (including phenoxy) is 5. The van der Waals surface area contributed by atoms with Crippen LogP contribution in [0, 0.1) is 11.3 Å². The van der Waals surface area contributed by atoms with E-state index in [1.165, 1.54) is 41.6 Å². The molecule has 2 aromatic rings. The fourth-order valence-corrected chi connectivity index (χ4v) is 2.65. The maximum Gasteiger partial charge on any atom is 0.252 e. The van der Waals surface area contributed by atoms with Crippen LogP contribution in [0.25, 0.3) is 0 Å². The number of methoxy groups -OCH3 is 5. The molecule has 1 amide bonds. The van der Waals surface area contributed by atoms with Crippen molar-refractivity contribution in [3.63, 3.8) is 0 Å². The van der Waals surface area contributed by atoms with Crippen molar-refractivity contribution in [1.82, 2.24) is 5.32 Å². The van der Waals surface area contributed by atoms with Gasteiger partial charge in [-0.15, -0.1) is 0 Å². The van der Waals surface area contributed by atoms with Crippen LogP contribution in [0.3, 0.4) is 0 Å². The molecule has 28 heavy (non-hydrogen) atoms. The van der Waals surface area contributed by atoms with Crippen LogP contribution in [-0.4, -0.2) is 41.5 Å². The molecule has 0 fully saturated rings. The van der Waals surface area contributed by atoms with Gasteiger partial charge >= 0.3 is 0 Å². The van der Waals surface area contributed by atoms with Crippen LogP contribution >= 0.6 is 0 Å². The van der Waals surface area contributed by atoms with Gasteiger partial charge in [0.05, 0.1) is 41.6 Å². The summed E-state index contributed by atoms with van der Waals surface area (Å²) in [6.45, 7) is 0. The van der Waals surface area contributed by atoms with Gasteiger partial charge in [-0.1, -0.05) is 0 Å². The Hall–Kier alpha value is -3.60. The first kappa shape index (κ1) is 20.7. The lowest BCUT2D eigenvalue weighted by atomic mass is 10.1. The minimum atomic E-state index is -0.936. The molecular formula is C20H22N2O6. The highest BCUT2D eigenvalue weighted by Gasteiger charge is 2.21. The van der Waals surface area contributed by atoms with E-state index in [0.717, 1.165) is 0 Å². The first-order valence-corrected chi connectivity index (χ1v) is 8.25. The molecule has 0 aromatic heterocycles. The maximum absolute atomic E-state index is 12.6. The van der Waals surface area contributed by atoms with Crippen LogP contribution in [0.1, 0.15) is 22.0 Å². The number of nitriles is 1. The van der Waals surface area contributed by atoms with E-state index in [2.05, 4.69) is 11.4 Å². The summed E-state index contributed by atoms with van der Waals surface area (Å²) < 4.78 is 26.3. The van der Waals surface area contributed by atoms with E-state index >= 15 is 0 Å². The molecule has 0 radical (unpaired) electrons. The molecule has 0 saturated carbocycles. The van der Waals surface area contributed by atoms with Gasteiger partial charge in [0, 0.05) is 5.56 Å². The first-order chi connectivity index (χ1) is 13.5. The van der Waals surface area contributed by atoms with E-state index in [4.69, 9.17) is 23.7 Å². The minimum absolute atomic E-state index is 0.324. The summed E-state index contributed by atoms with van der Waals surface area (Å²) in [5.41, 5.74) is 0.816. The number of benzene rings is 2. The van der Waals surface area contributed by atoms with Gasteiger partial charge in [0.2, 0.25) is 5.75 Å². The Balaban J connectivity index is 2.34. The van der Waals surface area contributed by atoms with Crippen molar-refractivity contribution in [3.8, 4) is 34.8 Å². The zero-order valence-electron chi connectivity index (χ0n) is 16.4. The zero-order valence-corrected chi connectivity index (χ0v) is 16.4. The number of amides is 1. The molecule has 0 aliphatic rings. The highest BCUT2D eigenvalue weighted by Crippen LogP contribution is 2.39. The number of hydrogen-bond donors (Lipinski definition) is 1. The number of carbonyl (C=O) groups excluding carboxylic acids is 1. The molecule has 2 aromatic carbocycles. The Labute approximate surface area is 163 Å². The van der Waals surface area contributed by atoms with Crippen LogP contribution in [0.15, 0.2) is 30.3 Å². The molecular weight excluding hydrogens is 364 g/mol. The average Bonchev–Trinajstić information content (AvgIpc) is 2.75. The molecule has 1 unspecified atom stereocenters. The topological polar surface area (TPSA) is 99.0 Å². The van der Waals surface area contributed by atoms with E-state index in [1.54, 1.807) is 24.3 Å². The van der Waals surface area contributed by atoms with Gasteiger partial charge in [-0.2, -0.15) is 5.26 Å². The van der Waals surface area contributed by atoms with Gasteiger partial charge in [0.1, 0.15) is 6.04 Å². The van der Waals surface area contributed by atoms with Gasteiger partial charge in [0.15, 0.2) is 23.0 Å². The molecule has 0 heterocycles. The van der Waals surface area contributed by atoms with E-state index < -0.39 is 11.9 Å². The molecule has 1 atom stereocenters. The monoisotopic (exact) mass is 386 g/mol. The lowest BCUT2D eigenvalue weighted by molar-refractivity contribution is 0.0944. The second-order valence-corrected chi connectivity index (χ2v) is 5.56. The summed E-state index contributed by atoms with van der Waals surface area (Å²) in [7, 11) is 7.43. The highest BCUT2D eigenvalue weighted by molar-refractivity contribution is 5.95. The van der Waals surface area contributed by atoms with E-state index in [1.807, 2.05) is 0 Å². The van der Waals surface area contributed by atoms with Crippen LogP contribution < -0.4 is 29.0 Å². The maximum atomic E-state index is 12.6. The Morgan fingerprint density at radius 2 is 1.43 bits per heavy atom. The number of nitrogens with zero attached hydrogens (tertiary/aromatic N) is 1. The second kappa shape index (κ2) is 9.37. The summed E-state index contributed by atoms with van der Waals surface area (Å²) in [4.78, 5) is 12.6. The SMILES string of the molecule is COc1ccc(C(=O)NC(C#N)c2cc(OC)c(OC)c(OC)c2)cc1OC. The standard InChI is InChI=1S/C20H22N2O6/c1-24-15-7-6-12(8-16(15)25-2)20(23)22-14(11-21)13-9-17(26-3)19(28-5)18(10-13)27-4/h6-10,14H,1-5H3,(H,22,23). The third-order valence-corrected chi connectivity index (χ3v) is 4.07. The molecule has 0 aliphatic carbocycles. The minimum Gasteiger partial charge on any atom is -0.493 e. The Kier molecular flexibility index (Phi) is 6.93. The summed E-state index contributed by atoms with van der Waals surface area (Å²) in [6.07, 6.45) is 0. The third kappa shape index (κ3) is 4.20. The quantitative estimate of drug-likeness (QED) is 0.745. The van der Waals surface area contributed by atoms with Gasteiger partial charge < -0.3 is 29.0 Å². The third-order valence-electron chi connectivity index (χ3n) is 4.07. The predicted molar refractivity (Wildman–Crippen MR) is 101 cm³/mol.